The minimum atomic E-state index is 0.00712. The lowest BCUT2D eigenvalue weighted by molar-refractivity contribution is -0.124. The molecule has 2 unspecified atom stereocenters. The molecule has 30 heavy (non-hydrogen) atoms. The van der Waals surface area contributed by atoms with Crippen LogP contribution in [0.4, 0.5) is 0 Å². The van der Waals surface area contributed by atoms with E-state index in [2.05, 4.69) is 28.5 Å². The Labute approximate surface area is 177 Å². The van der Waals surface area contributed by atoms with Gasteiger partial charge in [-0.05, 0) is 67.0 Å². The van der Waals surface area contributed by atoms with Crippen molar-refractivity contribution in [3.05, 3.63) is 66.5 Å². The Hall–Kier alpha value is -3.21. The van der Waals surface area contributed by atoms with Crippen LogP contribution in [-0.4, -0.2) is 41.3 Å². The van der Waals surface area contributed by atoms with Gasteiger partial charge in [0.2, 0.25) is 5.91 Å². The van der Waals surface area contributed by atoms with Crippen LogP contribution < -0.4 is 5.32 Å². The highest BCUT2D eigenvalue weighted by Gasteiger charge is 2.33. The van der Waals surface area contributed by atoms with E-state index >= 15 is 0 Å². The van der Waals surface area contributed by atoms with Gasteiger partial charge >= 0.3 is 0 Å². The van der Waals surface area contributed by atoms with Crippen LogP contribution in [0.3, 0.4) is 0 Å². The van der Waals surface area contributed by atoms with Gasteiger partial charge in [0.05, 0.1) is 0 Å². The smallest absolute Gasteiger partial charge is 0.253 e. The van der Waals surface area contributed by atoms with Crippen molar-refractivity contribution >= 4 is 22.6 Å². The van der Waals surface area contributed by atoms with Crippen LogP contribution in [0.15, 0.2) is 60.9 Å². The molecule has 0 saturated heterocycles. The molecule has 1 saturated carbocycles. The third kappa shape index (κ3) is 4.06. The second-order valence-electron chi connectivity index (χ2n) is 7.99. The van der Waals surface area contributed by atoms with E-state index in [9.17, 15) is 9.59 Å². The number of nitrogens with one attached hydrogen (secondary N) is 1. The lowest BCUT2D eigenvalue weighted by atomic mass is 10.0. The minimum Gasteiger partial charge on any atom is -0.356 e. The number of benzene rings is 2. The molecule has 1 aliphatic carbocycles. The highest BCUT2D eigenvalue weighted by molar-refractivity contribution is 5.95. The number of fused-ring (bicyclic) bond motifs is 1. The normalized spacial score (nSPS) is 18.3. The summed E-state index contributed by atoms with van der Waals surface area (Å²) in [5, 5.41) is 5.15. The maximum atomic E-state index is 13.0. The second kappa shape index (κ2) is 8.66. The van der Waals surface area contributed by atoms with Gasteiger partial charge in [-0.15, -0.1) is 0 Å². The number of aromatic nitrogens is 1. The first-order chi connectivity index (χ1) is 14.6. The SMILES string of the molecule is CCNC(=O)C1CCC(N(C)C(=O)c2ccc(-c3ccc4cnccc4c3)cc2)C1. The topological polar surface area (TPSA) is 62.3 Å². The van der Waals surface area contributed by atoms with Crippen LogP contribution in [-0.2, 0) is 4.79 Å². The summed E-state index contributed by atoms with van der Waals surface area (Å²) >= 11 is 0. The Morgan fingerprint density at radius 3 is 2.57 bits per heavy atom. The Bertz CT molecular complexity index is 1060. The molecule has 1 fully saturated rings. The third-order valence-corrected chi connectivity index (χ3v) is 6.10. The Kier molecular flexibility index (Phi) is 5.79. The number of carbonyl (C=O) groups excluding carboxylic acids is 2. The summed E-state index contributed by atoms with van der Waals surface area (Å²) in [4.78, 5) is 31.0. The molecule has 1 N–H and O–H groups in total. The molecule has 0 spiro atoms. The first-order valence-corrected chi connectivity index (χ1v) is 10.6. The maximum absolute atomic E-state index is 13.0. The molecular formula is C25H27N3O2. The zero-order chi connectivity index (χ0) is 21.1. The second-order valence-corrected chi connectivity index (χ2v) is 7.99. The number of pyridine rings is 1. The molecular weight excluding hydrogens is 374 g/mol. The van der Waals surface area contributed by atoms with Crippen molar-refractivity contribution in [2.24, 2.45) is 5.92 Å². The first-order valence-electron chi connectivity index (χ1n) is 10.6. The van der Waals surface area contributed by atoms with E-state index in [1.54, 1.807) is 11.1 Å². The van der Waals surface area contributed by atoms with Gasteiger partial charge in [-0.25, -0.2) is 0 Å². The molecule has 3 aromatic rings. The molecule has 2 amide bonds. The molecule has 0 aliphatic heterocycles. The molecule has 0 radical (unpaired) electrons. The predicted molar refractivity (Wildman–Crippen MR) is 119 cm³/mol. The lowest BCUT2D eigenvalue weighted by Gasteiger charge is -2.25. The van der Waals surface area contributed by atoms with Gasteiger partial charge in [-0.3, -0.25) is 14.6 Å². The van der Waals surface area contributed by atoms with Crippen molar-refractivity contribution in [3.63, 3.8) is 0 Å². The average Bonchev–Trinajstić information content (AvgIpc) is 3.28. The number of amides is 2. The van der Waals surface area contributed by atoms with Gasteiger partial charge < -0.3 is 10.2 Å². The van der Waals surface area contributed by atoms with Gasteiger partial charge in [-0.1, -0.05) is 24.3 Å². The van der Waals surface area contributed by atoms with Gasteiger partial charge in [0, 0.05) is 48.9 Å². The van der Waals surface area contributed by atoms with Crippen molar-refractivity contribution < 1.29 is 9.59 Å². The summed E-state index contributed by atoms with van der Waals surface area (Å²) in [7, 11) is 1.85. The van der Waals surface area contributed by atoms with Crippen molar-refractivity contribution in [1.29, 1.82) is 0 Å². The molecule has 1 aliphatic rings. The molecule has 2 atom stereocenters. The standard InChI is InChI=1S/C25H27N3O2/c1-3-27-24(29)21-10-11-23(15-21)28(2)25(30)18-6-4-17(5-7-18)19-8-9-22-16-26-13-12-20(22)14-19/h4-9,12-14,16,21,23H,3,10-11,15H2,1-2H3,(H,27,29). The van der Waals surface area contributed by atoms with E-state index in [1.807, 2.05) is 50.5 Å². The van der Waals surface area contributed by atoms with Crippen LogP contribution in [0.5, 0.6) is 0 Å². The van der Waals surface area contributed by atoms with Gasteiger partial charge in [0.25, 0.3) is 5.91 Å². The number of nitrogens with zero attached hydrogens (tertiary/aromatic N) is 2. The fourth-order valence-electron chi connectivity index (χ4n) is 4.30. The van der Waals surface area contributed by atoms with Gasteiger partial charge in [-0.2, -0.15) is 0 Å². The summed E-state index contributed by atoms with van der Waals surface area (Å²) in [6.45, 7) is 2.58. The van der Waals surface area contributed by atoms with Crippen molar-refractivity contribution in [2.75, 3.05) is 13.6 Å². The van der Waals surface area contributed by atoms with Crippen LogP contribution in [0.1, 0.15) is 36.5 Å². The molecule has 5 heteroatoms. The molecule has 1 heterocycles. The first kappa shape index (κ1) is 20.1. The van der Waals surface area contributed by atoms with Crippen LogP contribution in [0.2, 0.25) is 0 Å². The third-order valence-electron chi connectivity index (χ3n) is 6.10. The molecule has 4 rings (SSSR count). The molecule has 5 nitrogen and oxygen atoms in total. The van der Waals surface area contributed by atoms with Crippen LogP contribution in [0.25, 0.3) is 21.9 Å². The van der Waals surface area contributed by atoms with Crippen molar-refractivity contribution in [3.8, 4) is 11.1 Å². The van der Waals surface area contributed by atoms with E-state index in [0.717, 1.165) is 41.2 Å². The fraction of sp³-hybridized carbons (Fsp3) is 0.320. The number of hydrogen-bond donors (Lipinski definition) is 1. The van der Waals surface area contributed by atoms with E-state index < -0.39 is 0 Å². The monoisotopic (exact) mass is 401 g/mol. The highest BCUT2D eigenvalue weighted by atomic mass is 16.2. The number of hydrogen-bond acceptors (Lipinski definition) is 3. The van der Waals surface area contributed by atoms with E-state index in [-0.39, 0.29) is 23.8 Å². The number of carbonyl (C=O) groups is 2. The van der Waals surface area contributed by atoms with Gasteiger partial charge in [0.1, 0.15) is 0 Å². The molecule has 154 valence electrons. The average molecular weight is 402 g/mol. The summed E-state index contributed by atoms with van der Waals surface area (Å²) in [6.07, 6.45) is 6.09. The Morgan fingerprint density at radius 1 is 1.03 bits per heavy atom. The zero-order valence-electron chi connectivity index (χ0n) is 17.5. The quantitative estimate of drug-likeness (QED) is 0.694. The summed E-state index contributed by atoms with van der Waals surface area (Å²) in [5.41, 5.74) is 2.86. The maximum Gasteiger partial charge on any atom is 0.253 e. The van der Waals surface area contributed by atoms with E-state index in [4.69, 9.17) is 0 Å². The zero-order valence-corrected chi connectivity index (χ0v) is 17.5. The molecule has 0 bridgehead atoms. The molecule has 1 aromatic heterocycles. The van der Waals surface area contributed by atoms with Crippen molar-refractivity contribution in [2.45, 2.75) is 32.2 Å². The number of rotatable bonds is 5. The summed E-state index contributed by atoms with van der Waals surface area (Å²) in [5.74, 6) is 0.125. The Balaban J connectivity index is 1.45. The minimum absolute atomic E-state index is 0.00712. The van der Waals surface area contributed by atoms with Gasteiger partial charge in [0.15, 0.2) is 0 Å². The molecule has 2 aromatic carbocycles. The van der Waals surface area contributed by atoms with Crippen LogP contribution >= 0.6 is 0 Å². The van der Waals surface area contributed by atoms with E-state index in [0.29, 0.717) is 12.1 Å². The summed E-state index contributed by atoms with van der Waals surface area (Å²) in [6, 6.07) is 16.2. The van der Waals surface area contributed by atoms with Crippen LogP contribution in [0, 0.1) is 5.92 Å². The highest BCUT2D eigenvalue weighted by Crippen LogP contribution is 2.30. The largest absolute Gasteiger partial charge is 0.356 e. The Morgan fingerprint density at radius 2 is 1.80 bits per heavy atom. The summed E-state index contributed by atoms with van der Waals surface area (Å²) < 4.78 is 0. The van der Waals surface area contributed by atoms with Crippen molar-refractivity contribution in [1.82, 2.24) is 15.2 Å². The van der Waals surface area contributed by atoms with E-state index in [1.165, 1.54) is 0 Å². The fourth-order valence-corrected chi connectivity index (χ4v) is 4.30. The predicted octanol–water partition coefficient (Wildman–Crippen LogP) is 4.28. The lowest BCUT2D eigenvalue weighted by Crippen LogP contribution is -2.36.